The number of hydrogen-bond acceptors (Lipinski definition) is 5. The molecular formula is C20H17F3O5. The van der Waals surface area contributed by atoms with E-state index in [1.165, 1.54) is 44.6 Å². The number of methoxy groups -OCH3 is 2. The fourth-order valence-corrected chi connectivity index (χ4v) is 2.26. The zero-order valence-electron chi connectivity index (χ0n) is 15.1. The molecule has 0 aliphatic rings. The smallest absolute Gasteiger partial charge is 0.416 e. The second-order valence-corrected chi connectivity index (χ2v) is 5.56. The maximum absolute atomic E-state index is 12.7. The van der Waals surface area contributed by atoms with Crippen LogP contribution in [-0.2, 0) is 15.7 Å². The summed E-state index contributed by atoms with van der Waals surface area (Å²) in [6.07, 6.45) is -2.34. The fourth-order valence-electron chi connectivity index (χ4n) is 2.26. The van der Waals surface area contributed by atoms with Gasteiger partial charge in [0.15, 0.2) is 23.9 Å². The van der Waals surface area contributed by atoms with Gasteiger partial charge in [-0.3, -0.25) is 4.79 Å². The molecule has 0 bridgehead atoms. The molecule has 0 saturated heterocycles. The molecule has 0 atom stereocenters. The lowest BCUT2D eigenvalue weighted by Crippen LogP contribution is -2.12. The summed E-state index contributed by atoms with van der Waals surface area (Å²) >= 11 is 0. The van der Waals surface area contributed by atoms with Crippen molar-refractivity contribution in [3.63, 3.8) is 0 Å². The molecule has 0 amide bonds. The molecule has 0 fully saturated rings. The zero-order valence-corrected chi connectivity index (χ0v) is 15.1. The summed E-state index contributed by atoms with van der Waals surface area (Å²) in [5, 5.41) is 0. The van der Waals surface area contributed by atoms with Gasteiger partial charge in [-0.15, -0.1) is 0 Å². The summed E-state index contributed by atoms with van der Waals surface area (Å²) in [6.45, 7) is -0.527. The number of rotatable bonds is 7. The van der Waals surface area contributed by atoms with Gasteiger partial charge < -0.3 is 14.2 Å². The average molecular weight is 394 g/mol. The van der Waals surface area contributed by atoms with Gasteiger partial charge in [0, 0.05) is 11.6 Å². The third-order valence-corrected chi connectivity index (χ3v) is 3.68. The molecule has 0 aromatic heterocycles. The molecule has 2 aromatic carbocycles. The van der Waals surface area contributed by atoms with Crippen LogP contribution in [0.15, 0.2) is 48.5 Å². The van der Waals surface area contributed by atoms with Crippen molar-refractivity contribution in [2.24, 2.45) is 0 Å². The fraction of sp³-hybridized carbons (Fsp3) is 0.200. The summed E-state index contributed by atoms with van der Waals surface area (Å²) in [6, 6.07) is 8.96. The number of ketones is 1. The summed E-state index contributed by atoms with van der Waals surface area (Å²) in [7, 11) is 2.88. The van der Waals surface area contributed by atoms with Crippen molar-refractivity contribution in [3.05, 3.63) is 65.2 Å². The van der Waals surface area contributed by atoms with E-state index in [0.717, 1.165) is 18.2 Å². The normalized spacial score (nSPS) is 11.3. The Kier molecular flexibility index (Phi) is 6.81. The van der Waals surface area contributed by atoms with Crippen LogP contribution in [0.2, 0.25) is 0 Å². The third kappa shape index (κ3) is 5.60. The van der Waals surface area contributed by atoms with E-state index in [9.17, 15) is 22.8 Å². The molecule has 0 spiro atoms. The molecule has 148 valence electrons. The van der Waals surface area contributed by atoms with E-state index in [4.69, 9.17) is 14.2 Å². The topological polar surface area (TPSA) is 61.8 Å². The SMILES string of the molecule is COc1ccc(C(=O)COC(=O)/C=C/c2cccc(C(F)(F)F)c2)cc1OC. The van der Waals surface area contributed by atoms with Gasteiger partial charge in [0.1, 0.15) is 0 Å². The monoisotopic (exact) mass is 394 g/mol. The van der Waals surface area contributed by atoms with E-state index >= 15 is 0 Å². The Morgan fingerprint density at radius 2 is 1.71 bits per heavy atom. The Morgan fingerprint density at radius 3 is 2.36 bits per heavy atom. The minimum absolute atomic E-state index is 0.179. The molecule has 8 heteroatoms. The number of hydrogen-bond donors (Lipinski definition) is 0. The zero-order chi connectivity index (χ0) is 20.7. The molecule has 0 aliphatic heterocycles. The highest BCUT2D eigenvalue weighted by atomic mass is 19.4. The molecule has 0 saturated carbocycles. The molecule has 2 aromatic rings. The third-order valence-electron chi connectivity index (χ3n) is 3.68. The Morgan fingerprint density at radius 1 is 1.00 bits per heavy atom. The number of alkyl halides is 3. The Hall–Kier alpha value is -3.29. The Bertz CT molecular complexity index is 888. The predicted molar refractivity (Wildman–Crippen MR) is 95.3 cm³/mol. The highest BCUT2D eigenvalue weighted by Crippen LogP contribution is 2.30. The van der Waals surface area contributed by atoms with Crippen molar-refractivity contribution < 1.29 is 37.0 Å². The number of halogens is 3. The van der Waals surface area contributed by atoms with E-state index in [-0.39, 0.29) is 11.1 Å². The number of carbonyl (C=O) groups excluding carboxylic acids is 2. The molecule has 0 radical (unpaired) electrons. The van der Waals surface area contributed by atoms with Crippen molar-refractivity contribution in [2.45, 2.75) is 6.18 Å². The molecule has 0 unspecified atom stereocenters. The Balaban J connectivity index is 1.97. The lowest BCUT2D eigenvalue weighted by atomic mass is 10.1. The number of esters is 1. The van der Waals surface area contributed by atoms with E-state index in [2.05, 4.69) is 0 Å². The van der Waals surface area contributed by atoms with Gasteiger partial charge in [-0.1, -0.05) is 12.1 Å². The maximum atomic E-state index is 12.7. The van der Waals surface area contributed by atoms with Crippen LogP contribution in [0.25, 0.3) is 6.08 Å². The number of Topliss-reactive ketones (excluding diaryl/α,β-unsaturated/α-hetero) is 1. The molecular weight excluding hydrogens is 377 g/mol. The number of benzene rings is 2. The number of carbonyl (C=O) groups is 2. The maximum Gasteiger partial charge on any atom is 0.416 e. The van der Waals surface area contributed by atoms with Crippen molar-refractivity contribution in [2.75, 3.05) is 20.8 Å². The van der Waals surface area contributed by atoms with Gasteiger partial charge in [-0.25, -0.2) is 4.79 Å². The molecule has 28 heavy (non-hydrogen) atoms. The molecule has 2 rings (SSSR count). The largest absolute Gasteiger partial charge is 0.493 e. The van der Waals surface area contributed by atoms with Crippen LogP contribution in [0.5, 0.6) is 11.5 Å². The second kappa shape index (κ2) is 9.07. The lowest BCUT2D eigenvalue weighted by Gasteiger charge is -2.09. The first kappa shape index (κ1) is 21.0. The lowest BCUT2D eigenvalue weighted by molar-refractivity contribution is -0.138. The van der Waals surface area contributed by atoms with Gasteiger partial charge in [0.25, 0.3) is 0 Å². The number of ether oxygens (including phenoxy) is 3. The van der Waals surface area contributed by atoms with Crippen molar-refractivity contribution >= 4 is 17.8 Å². The minimum atomic E-state index is -4.48. The van der Waals surface area contributed by atoms with E-state index in [1.807, 2.05) is 0 Å². The highest BCUT2D eigenvalue weighted by Gasteiger charge is 2.30. The first-order valence-electron chi connectivity index (χ1n) is 8.02. The van der Waals surface area contributed by atoms with Crippen LogP contribution in [0.4, 0.5) is 13.2 Å². The van der Waals surface area contributed by atoms with E-state index in [1.54, 1.807) is 6.07 Å². The van der Waals surface area contributed by atoms with Crippen molar-refractivity contribution in [1.29, 1.82) is 0 Å². The van der Waals surface area contributed by atoms with Gasteiger partial charge in [-0.2, -0.15) is 13.2 Å². The van der Waals surface area contributed by atoms with Crippen molar-refractivity contribution in [1.82, 2.24) is 0 Å². The first-order valence-corrected chi connectivity index (χ1v) is 8.02. The molecule has 0 heterocycles. The summed E-state index contributed by atoms with van der Waals surface area (Å²) in [4.78, 5) is 23.9. The van der Waals surface area contributed by atoms with Gasteiger partial charge in [0.05, 0.1) is 19.8 Å². The van der Waals surface area contributed by atoms with E-state index < -0.39 is 30.1 Å². The quantitative estimate of drug-likeness (QED) is 0.401. The van der Waals surface area contributed by atoms with Gasteiger partial charge in [0.2, 0.25) is 0 Å². The second-order valence-electron chi connectivity index (χ2n) is 5.56. The van der Waals surface area contributed by atoms with Crippen LogP contribution >= 0.6 is 0 Å². The predicted octanol–water partition coefficient (Wildman–Crippen LogP) is 4.16. The first-order chi connectivity index (χ1) is 13.2. The van der Waals surface area contributed by atoms with Gasteiger partial charge >= 0.3 is 12.1 Å². The average Bonchev–Trinajstić information content (AvgIpc) is 2.69. The minimum Gasteiger partial charge on any atom is -0.493 e. The molecule has 0 N–H and O–H groups in total. The van der Waals surface area contributed by atoms with E-state index in [0.29, 0.717) is 11.5 Å². The molecule has 0 aliphatic carbocycles. The summed E-state index contributed by atoms with van der Waals surface area (Å²) in [5.41, 5.74) is -0.392. The Labute approximate surface area is 159 Å². The van der Waals surface area contributed by atoms with Crippen LogP contribution in [0.1, 0.15) is 21.5 Å². The summed E-state index contributed by atoms with van der Waals surface area (Å²) in [5.74, 6) is -0.530. The molecule has 5 nitrogen and oxygen atoms in total. The van der Waals surface area contributed by atoms with Crippen LogP contribution in [0.3, 0.4) is 0 Å². The van der Waals surface area contributed by atoms with Crippen LogP contribution in [0, 0.1) is 0 Å². The standard InChI is InChI=1S/C20H17F3O5/c1-26-17-8-7-14(11-18(17)27-2)16(24)12-28-19(25)9-6-13-4-3-5-15(10-13)20(21,22)23/h3-11H,12H2,1-2H3/b9-6+. The van der Waals surface area contributed by atoms with Crippen LogP contribution in [-0.4, -0.2) is 32.6 Å². The van der Waals surface area contributed by atoms with Gasteiger partial charge in [-0.05, 0) is 42.0 Å². The summed E-state index contributed by atoms with van der Waals surface area (Å²) < 4.78 is 53.0. The highest BCUT2D eigenvalue weighted by molar-refractivity contribution is 5.99. The van der Waals surface area contributed by atoms with Crippen LogP contribution < -0.4 is 9.47 Å². The van der Waals surface area contributed by atoms with Crippen molar-refractivity contribution in [3.8, 4) is 11.5 Å².